The third kappa shape index (κ3) is 34.4. The van der Waals surface area contributed by atoms with Crippen LogP contribution in [-0.2, 0) is 47.7 Å². The number of amides is 2. The molecule has 0 bridgehead atoms. The number of nitrogens with one attached hydrogen (secondary N) is 2. The molecular formula is C46H84N4O10S4. The monoisotopic (exact) mass is 981 g/mol. The van der Waals surface area contributed by atoms with E-state index in [2.05, 4.69) is 48.1 Å². The van der Waals surface area contributed by atoms with Gasteiger partial charge in [-0.1, -0.05) is 148 Å². The molecule has 18 heteroatoms. The van der Waals surface area contributed by atoms with Crippen LogP contribution in [0.15, 0.2) is 0 Å². The van der Waals surface area contributed by atoms with Gasteiger partial charge in [-0.25, -0.2) is 0 Å². The van der Waals surface area contributed by atoms with Crippen molar-refractivity contribution in [3.8, 4) is 0 Å². The van der Waals surface area contributed by atoms with Gasteiger partial charge in [0.1, 0.15) is 12.1 Å². The number of ether oxygens (including phenoxy) is 4. The summed E-state index contributed by atoms with van der Waals surface area (Å²) in [5.41, 5.74) is 0. The van der Waals surface area contributed by atoms with Crippen molar-refractivity contribution in [3.05, 3.63) is 0 Å². The number of hydrogen-bond donors (Lipinski definition) is 2. The molecule has 0 aromatic carbocycles. The Morgan fingerprint density at radius 2 is 0.703 bits per heavy atom. The van der Waals surface area contributed by atoms with Crippen LogP contribution < -0.4 is 10.6 Å². The maximum Gasteiger partial charge on any atom is 0.307 e. The molecule has 1 rings (SSSR count). The molecular weight excluding hydrogens is 897 g/mol. The van der Waals surface area contributed by atoms with Crippen LogP contribution in [0, 0.1) is 0 Å². The van der Waals surface area contributed by atoms with Gasteiger partial charge < -0.3 is 39.4 Å². The number of hydrogen-bond acceptors (Lipinski definition) is 16. The zero-order chi connectivity index (χ0) is 46.9. The van der Waals surface area contributed by atoms with Gasteiger partial charge in [-0.3, -0.25) is 28.8 Å². The Bertz CT molecular complexity index is 1110. The molecule has 0 aliphatic carbocycles. The molecule has 2 amide bonds. The van der Waals surface area contributed by atoms with Crippen LogP contribution in [0.25, 0.3) is 0 Å². The van der Waals surface area contributed by atoms with Gasteiger partial charge in [-0.15, -0.1) is 0 Å². The number of esters is 4. The van der Waals surface area contributed by atoms with Gasteiger partial charge in [0.25, 0.3) is 0 Å². The summed E-state index contributed by atoms with van der Waals surface area (Å²) >= 11 is 0. The Kier molecular flexibility index (Phi) is 39.9. The lowest BCUT2D eigenvalue weighted by molar-refractivity contribution is -0.146. The minimum Gasteiger partial charge on any atom is -0.466 e. The first-order valence-corrected chi connectivity index (χ1v) is 29.3. The van der Waals surface area contributed by atoms with Crippen LogP contribution >= 0.6 is 43.2 Å². The van der Waals surface area contributed by atoms with Gasteiger partial charge in [0.05, 0.1) is 52.1 Å². The molecule has 0 aromatic rings. The lowest BCUT2D eigenvalue weighted by atomic mass is 10.2. The Hall–Kier alpha value is -1.86. The van der Waals surface area contributed by atoms with E-state index in [-0.39, 0.29) is 61.4 Å². The second-order valence-corrected chi connectivity index (χ2v) is 21.4. The van der Waals surface area contributed by atoms with E-state index < -0.39 is 12.1 Å². The maximum atomic E-state index is 13.0. The topological polar surface area (TPSA) is 170 Å². The third-order valence-electron chi connectivity index (χ3n) is 10.5. The number of carbonyl (C=O) groups excluding carboxylic acids is 6. The highest BCUT2D eigenvalue weighted by atomic mass is 33.1. The summed E-state index contributed by atoms with van der Waals surface area (Å²) in [4.78, 5) is 79.8. The normalized spacial score (nSPS) is 15.0. The quantitative estimate of drug-likeness (QED) is 0.0258. The molecule has 2 unspecified atom stereocenters. The average molecular weight is 981 g/mol. The molecule has 2 N–H and O–H groups in total. The van der Waals surface area contributed by atoms with Crippen molar-refractivity contribution in [1.82, 2.24) is 20.4 Å². The molecule has 1 aliphatic rings. The van der Waals surface area contributed by atoms with Gasteiger partial charge in [-0.2, -0.15) is 0 Å². The van der Waals surface area contributed by atoms with E-state index in [1.165, 1.54) is 21.6 Å². The van der Waals surface area contributed by atoms with E-state index in [0.29, 0.717) is 88.7 Å². The van der Waals surface area contributed by atoms with Crippen molar-refractivity contribution in [2.24, 2.45) is 0 Å². The van der Waals surface area contributed by atoms with E-state index in [1.54, 1.807) is 21.6 Å². The standard InChI is InChI=1S/C46H84N4O10S4/c1-5-9-13-17-31-57-41(51)21-25-49(26-22-42(52)58-32-18-14-10-6-2)29-35-61-63-37-39-45(55)48-40(46(56)47-39)38-64-62-36-30-50(27-23-43(53)59-33-19-15-11-7-3)28-24-44(54)60-34-20-16-12-8-4/h39-40H,5-38H2,1-4H3,(H,47,56)(H,48,55). The van der Waals surface area contributed by atoms with E-state index in [9.17, 15) is 28.8 Å². The Balaban J connectivity index is 2.49. The minimum absolute atomic E-state index is 0.216. The predicted molar refractivity (Wildman–Crippen MR) is 265 cm³/mol. The zero-order valence-corrected chi connectivity index (χ0v) is 43.1. The fourth-order valence-electron chi connectivity index (χ4n) is 6.41. The van der Waals surface area contributed by atoms with Gasteiger partial charge >= 0.3 is 23.9 Å². The summed E-state index contributed by atoms with van der Waals surface area (Å²) in [5, 5.41) is 5.77. The fourth-order valence-corrected chi connectivity index (χ4v) is 10.8. The summed E-state index contributed by atoms with van der Waals surface area (Å²) in [5.74, 6) is 0.833. The first kappa shape index (κ1) is 60.2. The lowest BCUT2D eigenvalue weighted by Crippen LogP contribution is -2.63. The van der Waals surface area contributed by atoms with Crippen LogP contribution in [0.5, 0.6) is 0 Å². The number of rotatable bonds is 44. The Labute approximate surface area is 401 Å². The van der Waals surface area contributed by atoms with Crippen molar-refractivity contribution in [2.75, 3.05) is 88.7 Å². The molecule has 0 saturated carbocycles. The lowest BCUT2D eigenvalue weighted by Gasteiger charge is -2.29. The highest BCUT2D eigenvalue weighted by molar-refractivity contribution is 8.77. The van der Waals surface area contributed by atoms with Crippen LogP contribution in [0.3, 0.4) is 0 Å². The van der Waals surface area contributed by atoms with Crippen molar-refractivity contribution in [1.29, 1.82) is 0 Å². The van der Waals surface area contributed by atoms with E-state index in [4.69, 9.17) is 18.9 Å². The van der Waals surface area contributed by atoms with Gasteiger partial charge in [0.15, 0.2) is 0 Å². The first-order chi connectivity index (χ1) is 31.1. The highest BCUT2D eigenvalue weighted by Gasteiger charge is 2.33. The summed E-state index contributed by atoms with van der Waals surface area (Å²) in [6.45, 7) is 13.5. The minimum atomic E-state index is -0.645. The Morgan fingerprint density at radius 1 is 0.422 bits per heavy atom. The average Bonchev–Trinajstić information content (AvgIpc) is 3.28. The van der Waals surface area contributed by atoms with Crippen LogP contribution in [0.1, 0.15) is 156 Å². The summed E-state index contributed by atoms with van der Waals surface area (Å²) < 4.78 is 21.7. The number of carbonyl (C=O) groups is 6. The number of nitrogens with zero attached hydrogens (tertiary/aromatic N) is 2. The summed E-state index contributed by atoms with van der Waals surface area (Å²) in [7, 11) is 6.17. The molecule has 372 valence electrons. The molecule has 0 aromatic heterocycles. The van der Waals surface area contributed by atoms with Crippen molar-refractivity contribution < 1.29 is 47.7 Å². The molecule has 64 heavy (non-hydrogen) atoms. The zero-order valence-electron chi connectivity index (χ0n) is 39.8. The van der Waals surface area contributed by atoms with E-state index >= 15 is 0 Å². The van der Waals surface area contributed by atoms with E-state index in [1.807, 2.05) is 0 Å². The molecule has 1 fully saturated rings. The van der Waals surface area contributed by atoms with Crippen LogP contribution in [-0.4, -0.2) is 146 Å². The molecule has 1 heterocycles. The van der Waals surface area contributed by atoms with Crippen molar-refractivity contribution in [2.45, 2.75) is 168 Å². The Morgan fingerprint density at radius 3 is 0.969 bits per heavy atom. The number of piperazine rings is 1. The second kappa shape index (κ2) is 42.5. The summed E-state index contributed by atoms with van der Waals surface area (Å²) in [6, 6.07) is -1.29. The van der Waals surface area contributed by atoms with Crippen molar-refractivity contribution >= 4 is 78.9 Å². The first-order valence-electron chi connectivity index (χ1n) is 24.3. The molecule has 1 aliphatic heterocycles. The van der Waals surface area contributed by atoms with Gasteiger partial charge in [0, 0.05) is 62.3 Å². The largest absolute Gasteiger partial charge is 0.466 e. The third-order valence-corrected chi connectivity index (χ3v) is 15.2. The predicted octanol–water partition coefficient (Wildman–Crippen LogP) is 8.39. The van der Waals surface area contributed by atoms with Crippen LogP contribution in [0.2, 0.25) is 0 Å². The second-order valence-electron chi connectivity index (χ2n) is 16.1. The summed E-state index contributed by atoms with van der Waals surface area (Å²) in [6.07, 6.45) is 17.6. The molecule has 0 radical (unpaired) electrons. The fraction of sp³-hybridized carbons (Fsp3) is 0.870. The molecule has 0 spiro atoms. The smallest absolute Gasteiger partial charge is 0.307 e. The van der Waals surface area contributed by atoms with E-state index in [0.717, 1.165) is 103 Å². The van der Waals surface area contributed by atoms with Gasteiger partial charge in [0.2, 0.25) is 11.8 Å². The van der Waals surface area contributed by atoms with Gasteiger partial charge in [-0.05, 0) is 25.7 Å². The molecule has 14 nitrogen and oxygen atoms in total. The van der Waals surface area contributed by atoms with Crippen LogP contribution in [0.4, 0.5) is 0 Å². The molecule has 1 saturated heterocycles. The molecule has 2 atom stereocenters. The highest BCUT2D eigenvalue weighted by Crippen LogP contribution is 2.25. The maximum absolute atomic E-state index is 13.0. The van der Waals surface area contributed by atoms with Crippen molar-refractivity contribution in [3.63, 3.8) is 0 Å². The number of unbranched alkanes of at least 4 members (excludes halogenated alkanes) is 12. The SMILES string of the molecule is CCCCCCOC(=O)CCN(CCSSCC1NC(=O)C(CSSCCN(CCC(=O)OCCCCCC)CCC(=O)OCCCCCC)NC1=O)CCC(=O)OCCCCCC.